The number of rotatable bonds is 8. The second-order valence-corrected chi connectivity index (χ2v) is 10.9. The molecule has 2 aliphatic rings. The number of ketones is 1. The first-order chi connectivity index (χ1) is 22.2. The lowest BCUT2D eigenvalue weighted by Gasteiger charge is -2.38. The summed E-state index contributed by atoms with van der Waals surface area (Å²) in [5.74, 6) is -2.67. The molecule has 0 radical (unpaired) electrons. The van der Waals surface area contributed by atoms with E-state index < -0.39 is 23.7 Å². The van der Waals surface area contributed by atoms with E-state index in [1.807, 2.05) is 0 Å². The number of hydrogen-bond acceptors (Lipinski definition) is 9. The van der Waals surface area contributed by atoms with Crippen molar-refractivity contribution in [3.8, 4) is 5.69 Å². The van der Waals surface area contributed by atoms with Gasteiger partial charge in [-0.15, -0.1) is 5.10 Å². The highest BCUT2D eigenvalue weighted by molar-refractivity contribution is 6.31. The van der Waals surface area contributed by atoms with Gasteiger partial charge in [0, 0.05) is 36.4 Å². The molecule has 1 fully saturated rings. The Morgan fingerprint density at radius 2 is 1.91 bits per heavy atom. The predicted molar refractivity (Wildman–Crippen MR) is 161 cm³/mol. The van der Waals surface area contributed by atoms with Gasteiger partial charge in [-0.2, -0.15) is 4.68 Å². The van der Waals surface area contributed by atoms with Crippen molar-refractivity contribution in [1.29, 1.82) is 0 Å². The van der Waals surface area contributed by atoms with Gasteiger partial charge in [0.25, 0.3) is 5.91 Å². The molecule has 0 aliphatic carbocycles. The number of Topliss-reactive ketones (excluding diaryl/α,β-unsaturated/α-hetero) is 1. The molecule has 0 saturated carbocycles. The topological polar surface area (TPSA) is 161 Å². The summed E-state index contributed by atoms with van der Waals surface area (Å²) < 4.78 is 21.7. The van der Waals surface area contributed by atoms with Gasteiger partial charge in [0.1, 0.15) is 24.8 Å². The molecule has 2 aromatic carbocycles. The number of benzene rings is 2. The third-order valence-corrected chi connectivity index (χ3v) is 8.08. The van der Waals surface area contributed by atoms with Crippen molar-refractivity contribution in [3.05, 3.63) is 99.7 Å². The first-order valence-corrected chi connectivity index (χ1v) is 14.5. The van der Waals surface area contributed by atoms with Gasteiger partial charge in [0.05, 0.1) is 29.4 Å². The van der Waals surface area contributed by atoms with Gasteiger partial charge >= 0.3 is 5.97 Å². The highest BCUT2D eigenvalue weighted by Crippen LogP contribution is 2.36. The molecule has 2 aliphatic heterocycles. The number of aromatic nitrogens is 5. The van der Waals surface area contributed by atoms with E-state index in [1.54, 1.807) is 18.2 Å². The van der Waals surface area contributed by atoms with Crippen LogP contribution in [-0.4, -0.2) is 85.1 Å². The Kier molecular flexibility index (Phi) is 8.63. The standard InChI is InChI=1S/C31H25ClFN7O6/c32-23-6-7-24(40-17-35-36-37-40)22(28(23)33)5-8-26(42)38-12-10-21-20(9-11-34-30(21)39-13-14-46-16-27(39)43)29(38)25(41)15-18-1-3-19(4-2-18)31(44)45/h1-9,11,17,29H,10,12-16H2,(H,44,45)/b8-5+. The molecule has 0 bridgehead atoms. The lowest BCUT2D eigenvalue weighted by atomic mass is 9.88. The summed E-state index contributed by atoms with van der Waals surface area (Å²) >= 11 is 6.04. The van der Waals surface area contributed by atoms with E-state index in [1.165, 1.54) is 57.3 Å². The first-order valence-electron chi connectivity index (χ1n) is 14.1. The van der Waals surface area contributed by atoms with Gasteiger partial charge in [-0.1, -0.05) is 23.7 Å². The molecule has 6 rings (SSSR count). The summed E-state index contributed by atoms with van der Waals surface area (Å²) in [5, 5.41) is 20.0. The minimum Gasteiger partial charge on any atom is -0.478 e. The van der Waals surface area contributed by atoms with Crippen molar-refractivity contribution in [2.24, 2.45) is 0 Å². The van der Waals surface area contributed by atoms with E-state index >= 15 is 4.39 Å². The SMILES string of the molecule is O=C(O)c1ccc(CC(=O)C2c3ccnc(N4CCOCC4=O)c3CCN2C(=O)/C=C/c2c(-n3cnnn3)ccc(Cl)c2F)cc1. The van der Waals surface area contributed by atoms with E-state index in [9.17, 15) is 24.3 Å². The molecule has 13 nitrogen and oxygen atoms in total. The first kappa shape index (κ1) is 30.7. The summed E-state index contributed by atoms with van der Waals surface area (Å²) in [4.78, 5) is 59.2. The van der Waals surface area contributed by atoms with Crippen molar-refractivity contribution in [2.75, 3.05) is 31.2 Å². The van der Waals surface area contributed by atoms with Crippen molar-refractivity contribution < 1.29 is 33.4 Å². The molecule has 15 heteroatoms. The number of hydrogen-bond donors (Lipinski definition) is 1. The Morgan fingerprint density at radius 3 is 2.63 bits per heavy atom. The number of amides is 2. The summed E-state index contributed by atoms with van der Waals surface area (Å²) in [7, 11) is 0. The minimum atomic E-state index is -1.10. The fourth-order valence-electron chi connectivity index (χ4n) is 5.60. The van der Waals surface area contributed by atoms with Crippen LogP contribution in [0.2, 0.25) is 5.02 Å². The molecule has 0 spiro atoms. The number of carbonyl (C=O) groups excluding carboxylic acids is 3. The Labute approximate surface area is 265 Å². The number of morpholine rings is 1. The highest BCUT2D eigenvalue weighted by atomic mass is 35.5. The summed E-state index contributed by atoms with van der Waals surface area (Å²) in [6.45, 7) is 0.618. The number of tetrazole rings is 1. The average Bonchev–Trinajstić information content (AvgIpc) is 3.60. The monoisotopic (exact) mass is 645 g/mol. The van der Waals surface area contributed by atoms with Gasteiger partial charge in [0.15, 0.2) is 11.6 Å². The molecule has 1 N–H and O–H groups in total. The molecule has 234 valence electrons. The third-order valence-electron chi connectivity index (χ3n) is 7.79. The van der Waals surface area contributed by atoms with Crippen LogP contribution in [0.3, 0.4) is 0 Å². The Bertz CT molecular complexity index is 1870. The van der Waals surface area contributed by atoms with Crippen LogP contribution in [0.15, 0.2) is 61.1 Å². The molecule has 4 aromatic rings. The van der Waals surface area contributed by atoms with Crippen LogP contribution >= 0.6 is 11.6 Å². The quantitative estimate of drug-likeness (QED) is 0.282. The van der Waals surface area contributed by atoms with E-state index in [2.05, 4.69) is 20.5 Å². The average molecular weight is 646 g/mol. The van der Waals surface area contributed by atoms with E-state index in [0.29, 0.717) is 35.5 Å². The van der Waals surface area contributed by atoms with Gasteiger partial charge in [-0.3, -0.25) is 19.3 Å². The second-order valence-electron chi connectivity index (χ2n) is 10.5. The molecule has 1 atom stereocenters. The zero-order valence-corrected chi connectivity index (χ0v) is 24.8. The molecule has 2 aromatic heterocycles. The Balaban J connectivity index is 1.37. The number of pyridine rings is 1. The maximum atomic E-state index is 15.2. The van der Waals surface area contributed by atoms with Gasteiger partial charge in [-0.25, -0.2) is 14.2 Å². The summed E-state index contributed by atoms with van der Waals surface area (Å²) in [5.41, 5.74) is 1.99. The second kappa shape index (κ2) is 12.9. The van der Waals surface area contributed by atoms with Crippen LogP contribution in [0.1, 0.15) is 38.7 Å². The molecule has 2 amide bonds. The number of carboxylic acids is 1. The van der Waals surface area contributed by atoms with Crippen molar-refractivity contribution in [1.82, 2.24) is 30.1 Å². The largest absolute Gasteiger partial charge is 0.478 e. The maximum Gasteiger partial charge on any atom is 0.335 e. The third kappa shape index (κ3) is 5.99. The van der Waals surface area contributed by atoms with Crippen molar-refractivity contribution in [2.45, 2.75) is 18.9 Å². The van der Waals surface area contributed by atoms with Crippen LogP contribution < -0.4 is 4.90 Å². The molecule has 1 saturated heterocycles. The summed E-state index contributed by atoms with van der Waals surface area (Å²) in [6, 6.07) is 9.31. The lowest BCUT2D eigenvalue weighted by Crippen LogP contribution is -2.46. The van der Waals surface area contributed by atoms with E-state index in [0.717, 1.165) is 6.08 Å². The normalized spacial score (nSPS) is 16.5. The fourth-order valence-corrected chi connectivity index (χ4v) is 5.76. The van der Waals surface area contributed by atoms with E-state index in [-0.39, 0.29) is 59.6 Å². The van der Waals surface area contributed by atoms with Crippen molar-refractivity contribution >= 4 is 47.1 Å². The zero-order chi connectivity index (χ0) is 32.4. The highest BCUT2D eigenvalue weighted by Gasteiger charge is 2.38. The van der Waals surface area contributed by atoms with E-state index in [4.69, 9.17) is 16.3 Å². The number of anilines is 1. The molecule has 46 heavy (non-hydrogen) atoms. The van der Waals surface area contributed by atoms with Gasteiger partial charge in [0.2, 0.25) is 5.91 Å². The van der Waals surface area contributed by atoms with Crippen molar-refractivity contribution in [3.63, 3.8) is 0 Å². The summed E-state index contributed by atoms with van der Waals surface area (Å²) in [6.07, 6.45) is 5.35. The number of carbonyl (C=O) groups is 4. The van der Waals surface area contributed by atoms with Crippen LogP contribution in [-0.2, 0) is 32.0 Å². The number of fused-ring (bicyclic) bond motifs is 1. The maximum absolute atomic E-state index is 15.2. The van der Waals surface area contributed by atoms with Crippen LogP contribution in [0.4, 0.5) is 10.2 Å². The fraction of sp³-hybridized carbons (Fsp3) is 0.226. The molecule has 4 heterocycles. The molecular formula is C31H25ClFN7O6. The van der Waals surface area contributed by atoms with Gasteiger partial charge < -0.3 is 14.7 Å². The number of carboxylic acid groups (broad SMARTS) is 1. The number of aromatic carboxylic acids is 1. The number of nitrogens with zero attached hydrogens (tertiary/aromatic N) is 7. The Morgan fingerprint density at radius 1 is 1.11 bits per heavy atom. The Hall–Kier alpha value is -5.34. The van der Waals surface area contributed by atoms with Crippen LogP contribution in [0.5, 0.6) is 0 Å². The predicted octanol–water partition coefficient (Wildman–Crippen LogP) is 2.86. The van der Waals surface area contributed by atoms with Crippen LogP contribution in [0.25, 0.3) is 11.8 Å². The van der Waals surface area contributed by atoms with Crippen LogP contribution in [0, 0.1) is 5.82 Å². The zero-order valence-electron chi connectivity index (χ0n) is 24.0. The smallest absolute Gasteiger partial charge is 0.335 e. The molecule has 1 unspecified atom stereocenters. The van der Waals surface area contributed by atoms with Gasteiger partial charge in [-0.05, 0) is 64.4 Å². The molecular weight excluding hydrogens is 621 g/mol. The minimum absolute atomic E-state index is 0.0377. The number of ether oxygens (including phenoxy) is 1. The lowest BCUT2D eigenvalue weighted by molar-refractivity contribution is -0.136. The number of halogens is 2.